The number of carbonyl (C=O) groups excluding carboxylic acids is 1. The summed E-state index contributed by atoms with van der Waals surface area (Å²) >= 11 is 0. The van der Waals surface area contributed by atoms with Crippen molar-refractivity contribution in [1.29, 1.82) is 0 Å². The lowest BCUT2D eigenvalue weighted by molar-refractivity contribution is -0.123. The van der Waals surface area contributed by atoms with Gasteiger partial charge in [0.1, 0.15) is 0 Å². The monoisotopic (exact) mass is 266 g/mol. The van der Waals surface area contributed by atoms with Crippen LogP contribution in [-0.4, -0.2) is 41.4 Å². The average molecular weight is 266 g/mol. The van der Waals surface area contributed by atoms with Gasteiger partial charge in [-0.15, -0.1) is 0 Å². The van der Waals surface area contributed by atoms with Crippen LogP contribution in [0.3, 0.4) is 0 Å². The summed E-state index contributed by atoms with van der Waals surface area (Å²) in [4.78, 5) is 11.9. The number of phenols is 2. The number of nitrogens with one attached hydrogen (secondary N) is 1. The van der Waals surface area contributed by atoms with E-state index in [2.05, 4.69) is 5.32 Å². The minimum absolute atomic E-state index is 0.0340. The molecule has 0 aliphatic carbocycles. The Morgan fingerprint density at radius 2 is 2.26 bits per heavy atom. The second-order valence-corrected chi connectivity index (χ2v) is 4.70. The van der Waals surface area contributed by atoms with Gasteiger partial charge in [0.2, 0.25) is 5.91 Å². The van der Waals surface area contributed by atoms with E-state index in [-0.39, 0.29) is 23.4 Å². The van der Waals surface area contributed by atoms with Crippen molar-refractivity contribution in [2.45, 2.75) is 24.9 Å². The van der Waals surface area contributed by atoms with Crippen molar-refractivity contribution in [2.75, 3.05) is 13.2 Å². The maximum atomic E-state index is 11.9. The van der Waals surface area contributed by atoms with Crippen LogP contribution in [0.15, 0.2) is 18.2 Å². The van der Waals surface area contributed by atoms with Crippen LogP contribution in [0.2, 0.25) is 0 Å². The zero-order valence-corrected chi connectivity index (χ0v) is 10.5. The lowest BCUT2D eigenvalue weighted by Crippen LogP contribution is -2.46. The van der Waals surface area contributed by atoms with E-state index in [1.807, 2.05) is 0 Å². The van der Waals surface area contributed by atoms with Gasteiger partial charge in [0.15, 0.2) is 11.5 Å². The number of nitrogens with two attached hydrogens (primary N) is 1. The molecule has 2 atom stereocenters. The van der Waals surface area contributed by atoms with E-state index in [0.29, 0.717) is 25.2 Å². The molecule has 1 aliphatic heterocycles. The van der Waals surface area contributed by atoms with Gasteiger partial charge in [-0.3, -0.25) is 4.79 Å². The van der Waals surface area contributed by atoms with Gasteiger partial charge in [-0.1, -0.05) is 6.07 Å². The third-order valence-electron chi connectivity index (χ3n) is 3.11. The first-order valence-corrected chi connectivity index (χ1v) is 6.21. The molecule has 1 aromatic carbocycles. The molecule has 1 saturated heterocycles. The Morgan fingerprint density at radius 3 is 2.89 bits per heavy atom. The number of hydrogen-bond acceptors (Lipinski definition) is 5. The van der Waals surface area contributed by atoms with E-state index < -0.39 is 6.04 Å². The molecule has 6 nitrogen and oxygen atoms in total. The molecule has 1 aliphatic rings. The smallest absolute Gasteiger partial charge is 0.237 e. The number of carbonyl (C=O) groups is 1. The lowest BCUT2D eigenvalue weighted by atomic mass is 10.0. The summed E-state index contributed by atoms with van der Waals surface area (Å²) in [5.74, 6) is -0.637. The predicted octanol–water partition coefficient (Wildman–Crippen LogP) is -0.127. The molecule has 6 heteroatoms. The molecule has 5 N–H and O–H groups in total. The van der Waals surface area contributed by atoms with Crippen LogP contribution in [0.25, 0.3) is 0 Å². The molecule has 1 amide bonds. The summed E-state index contributed by atoms with van der Waals surface area (Å²) in [6.07, 6.45) is 1.10. The highest BCUT2D eigenvalue weighted by Gasteiger charge is 2.21. The van der Waals surface area contributed by atoms with Crippen molar-refractivity contribution in [1.82, 2.24) is 5.32 Å². The van der Waals surface area contributed by atoms with Crippen LogP contribution in [0.4, 0.5) is 0 Å². The number of rotatable bonds is 4. The highest BCUT2D eigenvalue weighted by Crippen LogP contribution is 2.25. The van der Waals surface area contributed by atoms with E-state index in [9.17, 15) is 15.0 Å². The summed E-state index contributed by atoms with van der Waals surface area (Å²) in [6.45, 7) is 1.18. The third kappa shape index (κ3) is 3.59. The van der Waals surface area contributed by atoms with Gasteiger partial charge in [-0.2, -0.15) is 0 Å². The number of ether oxygens (including phenoxy) is 1. The minimum Gasteiger partial charge on any atom is -0.504 e. The number of amides is 1. The number of aromatic hydroxyl groups is 2. The summed E-state index contributed by atoms with van der Waals surface area (Å²) in [5.41, 5.74) is 6.51. The molecule has 2 rings (SSSR count). The van der Waals surface area contributed by atoms with Gasteiger partial charge in [-0.05, 0) is 30.5 Å². The van der Waals surface area contributed by atoms with Crippen LogP contribution in [0.5, 0.6) is 11.5 Å². The third-order valence-corrected chi connectivity index (χ3v) is 3.11. The van der Waals surface area contributed by atoms with Crippen LogP contribution in [-0.2, 0) is 16.0 Å². The van der Waals surface area contributed by atoms with Crippen LogP contribution < -0.4 is 11.1 Å². The molecule has 0 spiro atoms. The quantitative estimate of drug-likeness (QED) is 0.568. The fourth-order valence-electron chi connectivity index (χ4n) is 2.00. The Bertz CT molecular complexity index is 458. The molecule has 0 aromatic heterocycles. The highest BCUT2D eigenvalue weighted by atomic mass is 16.5. The summed E-state index contributed by atoms with van der Waals surface area (Å²) in [7, 11) is 0. The zero-order chi connectivity index (χ0) is 13.8. The maximum absolute atomic E-state index is 11.9. The Kier molecular flexibility index (Phi) is 4.24. The standard InChI is InChI=1S/C13H18N2O4/c14-10(13(18)15-9-3-4-19-7-9)5-8-1-2-11(16)12(17)6-8/h1-2,6,9-10,16-17H,3-5,7,14H2,(H,15,18)/t9?,10-/m0/s1. The van der Waals surface area contributed by atoms with E-state index in [0.717, 1.165) is 6.42 Å². The van der Waals surface area contributed by atoms with E-state index >= 15 is 0 Å². The summed E-state index contributed by atoms with van der Waals surface area (Å²) in [5, 5.41) is 21.4. The molecule has 19 heavy (non-hydrogen) atoms. The van der Waals surface area contributed by atoms with Crippen molar-refractivity contribution < 1.29 is 19.7 Å². The van der Waals surface area contributed by atoms with Crippen molar-refractivity contribution in [3.63, 3.8) is 0 Å². The Balaban J connectivity index is 1.90. The topological polar surface area (TPSA) is 105 Å². The lowest BCUT2D eigenvalue weighted by Gasteiger charge is -2.16. The van der Waals surface area contributed by atoms with E-state index in [1.54, 1.807) is 6.07 Å². The molecule has 0 radical (unpaired) electrons. The zero-order valence-electron chi connectivity index (χ0n) is 10.5. The molecule has 1 fully saturated rings. The molecular formula is C13H18N2O4. The Morgan fingerprint density at radius 1 is 1.47 bits per heavy atom. The van der Waals surface area contributed by atoms with Gasteiger partial charge in [0, 0.05) is 6.61 Å². The molecule has 1 aromatic rings. The second-order valence-electron chi connectivity index (χ2n) is 4.70. The molecule has 0 saturated carbocycles. The predicted molar refractivity (Wildman–Crippen MR) is 68.8 cm³/mol. The van der Waals surface area contributed by atoms with Crippen molar-refractivity contribution in [2.24, 2.45) is 5.73 Å². The average Bonchev–Trinajstić information content (AvgIpc) is 2.86. The van der Waals surface area contributed by atoms with Crippen LogP contribution >= 0.6 is 0 Å². The summed E-state index contributed by atoms with van der Waals surface area (Å²) in [6, 6.07) is 3.75. The first kappa shape index (κ1) is 13.6. The summed E-state index contributed by atoms with van der Waals surface area (Å²) < 4.78 is 5.17. The fraction of sp³-hybridized carbons (Fsp3) is 0.462. The minimum atomic E-state index is -0.690. The second kappa shape index (κ2) is 5.90. The van der Waals surface area contributed by atoms with Gasteiger partial charge < -0.3 is 26.0 Å². The van der Waals surface area contributed by atoms with E-state index in [4.69, 9.17) is 10.5 Å². The van der Waals surface area contributed by atoms with Crippen LogP contribution in [0, 0.1) is 0 Å². The number of phenolic OH excluding ortho intramolecular Hbond substituents is 2. The van der Waals surface area contributed by atoms with Gasteiger partial charge in [-0.25, -0.2) is 0 Å². The molecular weight excluding hydrogens is 248 g/mol. The molecule has 1 unspecified atom stereocenters. The number of hydrogen-bond donors (Lipinski definition) is 4. The van der Waals surface area contributed by atoms with Crippen LogP contribution in [0.1, 0.15) is 12.0 Å². The molecule has 104 valence electrons. The van der Waals surface area contributed by atoms with Gasteiger partial charge >= 0.3 is 0 Å². The van der Waals surface area contributed by atoms with Gasteiger partial charge in [0.25, 0.3) is 0 Å². The normalized spacial score (nSPS) is 20.2. The Hall–Kier alpha value is -1.79. The SMILES string of the molecule is N[C@@H](Cc1ccc(O)c(O)c1)C(=O)NC1CCOC1. The first-order valence-electron chi connectivity index (χ1n) is 6.21. The molecule has 0 bridgehead atoms. The largest absolute Gasteiger partial charge is 0.504 e. The van der Waals surface area contributed by atoms with Gasteiger partial charge in [0.05, 0.1) is 18.7 Å². The number of benzene rings is 1. The van der Waals surface area contributed by atoms with Crippen molar-refractivity contribution in [3.8, 4) is 11.5 Å². The first-order chi connectivity index (χ1) is 9.06. The van der Waals surface area contributed by atoms with Crippen molar-refractivity contribution in [3.05, 3.63) is 23.8 Å². The maximum Gasteiger partial charge on any atom is 0.237 e. The Labute approximate surface area is 111 Å². The fourth-order valence-corrected chi connectivity index (χ4v) is 2.00. The highest BCUT2D eigenvalue weighted by molar-refractivity contribution is 5.82. The van der Waals surface area contributed by atoms with Crippen molar-refractivity contribution >= 4 is 5.91 Å². The van der Waals surface area contributed by atoms with E-state index in [1.165, 1.54) is 12.1 Å². The molecule has 1 heterocycles.